The summed E-state index contributed by atoms with van der Waals surface area (Å²) in [5.74, 6) is 0.710. The number of nitrogens with one attached hydrogen (secondary N) is 1. The van der Waals surface area contributed by atoms with Gasteiger partial charge in [-0.15, -0.1) is 0 Å². The van der Waals surface area contributed by atoms with Crippen molar-refractivity contribution in [1.82, 2.24) is 30.0 Å². The highest BCUT2D eigenvalue weighted by molar-refractivity contribution is 6.35. The normalized spacial score (nSPS) is 22.2. The largest absolute Gasteiger partial charge is 0.355 e. The van der Waals surface area contributed by atoms with E-state index < -0.39 is 5.82 Å². The Bertz CT molecular complexity index is 1810. The van der Waals surface area contributed by atoms with Gasteiger partial charge in [-0.25, -0.2) is 9.37 Å². The van der Waals surface area contributed by atoms with E-state index >= 15 is 4.39 Å². The highest BCUT2D eigenvalue weighted by Crippen LogP contribution is 2.48. The third kappa shape index (κ3) is 4.13. The molecule has 0 bridgehead atoms. The fourth-order valence-corrected chi connectivity index (χ4v) is 7.46. The van der Waals surface area contributed by atoms with E-state index in [1.54, 1.807) is 0 Å². The summed E-state index contributed by atoms with van der Waals surface area (Å²) in [4.78, 5) is 30.6. The zero-order valence-corrected chi connectivity index (χ0v) is 26.0. The third-order valence-electron chi connectivity index (χ3n) is 10.1. The van der Waals surface area contributed by atoms with Crippen LogP contribution in [0, 0.1) is 25.1 Å². The first-order valence-corrected chi connectivity index (χ1v) is 15.1. The number of halogens is 2. The average molecular weight is 603 g/mol. The number of carbonyl (C=O) groups excluding carboxylic acids is 1. The Labute approximate surface area is 255 Å². The molecule has 5 heterocycles. The number of likely N-dealkylation sites (N-methyl/N-ethyl adjacent to an activating group) is 1. The molecule has 2 aromatic heterocycles. The summed E-state index contributed by atoms with van der Waals surface area (Å²) in [6, 6.07) is 6.17. The van der Waals surface area contributed by atoms with Gasteiger partial charge in [0.05, 0.1) is 10.5 Å². The van der Waals surface area contributed by atoms with Crippen LogP contribution in [-0.2, 0) is 4.79 Å². The molecule has 2 atom stereocenters. The Morgan fingerprint density at radius 2 is 1.95 bits per heavy atom. The number of aromatic nitrogens is 4. The van der Waals surface area contributed by atoms with Gasteiger partial charge in [0.2, 0.25) is 11.9 Å². The van der Waals surface area contributed by atoms with Gasteiger partial charge in [-0.05, 0) is 65.1 Å². The van der Waals surface area contributed by atoms with Crippen LogP contribution in [0.4, 0.5) is 16.2 Å². The van der Waals surface area contributed by atoms with Crippen molar-refractivity contribution >= 4 is 51.1 Å². The zero-order valence-electron chi connectivity index (χ0n) is 25.2. The molecule has 3 fully saturated rings. The number of aryl methyl sites for hydroxylation is 2. The predicted molar refractivity (Wildman–Crippen MR) is 169 cm³/mol. The number of anilines is 2. The van der Waals surface area contributed by atoms with E-state index in [1.807, 2.05) is 36.9 Å². The van der Waals surface area contributed by atoms with Crippen molar-refractivity contribution in [3.8, 4) is 11.1 Å². The van der Waals surface area contributed by atoms with Gasteiger partial charge in [-0.3, -0.25) is 9.89 Å². The van der Waals surface area contributed by atoms with Crippen molar-refractivity contribution in [3.05, 3.63) is 53.0 Å². The molecule has 1 N–H and O–H groups in total. The van der Waals surface area contributed by atoms with Crippen LogP contribution in [0.15, 0.2) is 30.9 Å². The minimum Gasteiger partial charge on any atom is -0.355 e. The molecule has 2 aromatic carbocycles. The molecule has 9 nitrogen and oxygen atoms in total. The molecule has 3 saturated heterocycles. The molecule has 224 valence electrons. The van der Waals surface area contributed by atoms with Crippen LogP contribution in [0.25, 0.3) is 32.9 Å². The number of amides is 1. The Morgan fingerprint density at radius 3 is 2.65 bits per heavy atom. The lowest BCUT2D eigenvalue weighted by Crippen LogP contribution is -2.65. The number of hydrogen-bond donors (Lipinski definition) is 1. The van der Waals surface area contributed by atoms with Crippen LogP contribution in [0.2, 0.25) is 5.02 Å². The quantitative estimate of drug-likeness (QED) is 0.324. The lowest BCUT2D eigenvalue weighted by atomic mass is 9.71. The minimum absolute atomic E-state index is 0.0425. The predicted octanol–water partition coefficient (Wildman–Crippen LogP) is 4.95. The summed E-state index contributed by atoms with van der Waals surface area (Å²) in [5.41, 5.74) is 3.78. The van der Waals surface area contributed by atoms with E-state index in [0.717, 1.165) is 53.8 Å². The van der Waals surface area contributed by atoms with E-state index in [4.69, 9.17) is 21.6 Å². The van der Waals surface area contributed by atoms with Crippen LogP contribution in [-0.4, -0.2) is 94.8 Å². The first-order valence-electron chi connectivity index (χ1n) is 14.8. The van der Waals surface area contributed by atoms with E-state index in [2.05, 4.69) is 52.5 Å². The number of carbonyl (C=O) groups is 1. The molecule has 3 aliphatic heterocycles. The fourth-order valence-electron chi connectivity index (χ4n) is 7.18. The molecule has 7 rings (SSSR count). The molecule has 1 spiro atoms. The van der Waals surface area contributed by atoms with Gasteiger partial charge in [0.1, 0.15) is 11.3 Å². The van der Waals surface area contributed by atoms with Crippen molar-refractivity contribution in [3.63, 3.8) is 0 Å². The Kier molecular flexibility index (Phi) is 6.45. The number of aromatic amines is 1. The molecule has 0 aliphatic carbocycles. The molecule has 3 aliphatic rings. The van der Waals surface area contributed by atoms with E-state index in [0.29, 0.717) is 46.9 Å². The van der Waals surface area contributed by atoms with Crippen LogP contribution >= 0.6 is 11.6 Å². The Hall–Kier alpha value is -3.76. The summed E-state index contributed by atoms with van der Waals surface area (Å²) in [6.45, 7) is 13.3. The number of benzene rings is 2. The van der Waals surface area contributed by atoms with Gasteiger partial charge < -0.3 is 19.6 Å². The van der Waals surface area contributed by atoms with Crippen molar-refractivity contribution in [2.75, 3.05) is 56.6 Å². The average Bonchev–Trinajstić information content (AvgIpc) is 3.57. The number of fused-ring (bicyclic) bond motifs is 2. The van der Waals surface area contributed by atoms with Crippen LogP contribution < -0.4 is 9.80 Å². The lowest BCUT2D eigenvalue weighted by Gasteiger charge is -2.54. The molecule has 4 aromatic rings. The van der Waals surface area contributed by atoms with E-state index in [1.165, 1.54) is 6.08 Å². The Balaban J connectivity index is 1.37. The summed E-state index contributed by atoms with van der Waals surface area (Å²) < 4.78 is 17.0. The van der Waals surface area contributed by atoms with E-state index in [-0.39, 0.29) is 22.9 Å². The highest BCUT2D eigenvalue weighted by atomic mass is 35.5. The highest BCUT2D eigenvalue weighted by Gasteiger charge is 2.55. The molecule has 0 saturated carbocycles. The molecule has 1 amide bonds. The standard InChI is InChI=1S/C32H36ClFN8O/c1-7-24(43)42-16-32(19(42)4)10-11-40(15-32)30-21-12-22(33)27(25-17(2)8-9-23-26(25)18(3)37-38-23)28(34)29(21)35-31(36-30)41-13-20(14-41)39(5)6/h7-9,12,19-20H,1,10-11,13-16H2,2-6H3,(H,37,38). The van der Waals surface area contributed by atoms with Gasteiger partial charge in [0.15, 0.2) is 5.82 Å². The van der Waals surface area contributed by atoms with Crippen molar-refractivity contribution in [1.29, 1.82) is 0 Å². The zero-order chi connectivity index (χ0) is 30.4. The topological polar surface area (TPSA) is 84.5 Å². The van der Waals surface area contributed by atoms with Gasteiger partial charge in [-0.1, -0.05) is 24.2 Å². The van der Waals surface area contributed by atoms with Crippen LogP contribution in [0.5, 0.6) is 0 Å². The smallest absolute Gasteiger partial charge is 0.246 e. The monoisotopic (exact) mass is 602 g/mol. The molecular weight excluding hydrogens is 567 g/mol. The second-order valence-corrected chi connectivity index (χ2v) is 13.1. The summed E-state index contributed by atoms with van der Waals surface area (Å²) in [5, 5.41) is 9.19. The maximum atomic E-state index is 17.0. The molecule has 11 heteroatoms. The molecule has 0 radical (unpaired) electrons. The van der Waals surface area contributed by atoms with E-state index in [9.17, 15) is 4.79 Å². The van der Waals surface area contributed by atoms with Gasteiger partial charge in [0.25, 0.3) is 0 Å². The number of nitrogens with zero attached hydrogens (tertiary/aromatic N) is 7. The SMILES string of the molecule is C=CC(=O)N1CC2(CCN(c3nc(N4CC(N(C)C)C4)nc4c(F)c(-c5c(C)ccc6n[nH]c(C)c56)c(Cl)cc34)C2)C1C. The first-order chi connectivity index (χ1) is 20.5. The van der Waals surface area contributed by atoms with Gasteiger partial charge in [0, 0.05) is 77.8 Å². The summed E-state index contributed by atoms with van der Waals surface area (Å²) in [7, 11) is 4.13. The second kappa shape index (κ2) is 9.89. The number of H-pyrrole nitrogens is 1. The van der Waals surface area contributed by atoms with Gasteiger partial charge >= 0.3 is 0 Å². The first kappa shape index (κ1) is 28.0. The fraction of sp³-hybridized carbons (Fsp3) is 0.438. The van der Waals surface area contributed by atoms with Crippen molar-refractivity contribution in [2.24, 2.45) is 5.41 Å². The molecule has 2 unspecified atom stereocenters. The summed E-state index contributed by atoms with van der Waals surface area (Å²) in [6.07, 6.45) is 2.29. The van der Waals surface area contributed by atoms with Crippen LogP contribution in [0.3, 0.4) is 0 Å². The maximum absolute atomic E-state index is 17.0. The second-order valence-electron chi connectivity index (χ2n) is 12.7. The molecule has 43 heavy (non-hydrogen) atoms. The number of rotatable bonds is 5. The Morgan fingerprint density at radius 1 is 1.19 bits per heavy atom. The lowest BCUT2D eigenvalue weighted by molar-refractivity contribution is -0.145. The maximum Gasteiger partial charge on any atom is 0.246 e. The number of likely N-dealkylation sites (tertiary alicyclic amines) is 1. The summed E-state index contributed by atoms with van der Waals surface area (Å²) >= 11 is 6.98. The third-order valence-corrected chi connectivity index (χ3v) is 10.4. The van der Waals surface area contributed by atoms with Crippen molar-refractivity contribution in [2.45, 2.75) is 39.3 Å². The van der Waals surface area contributed by atoms with Crippen LogP contribution in [0.1, 0.15) is 24.6 Å². The van der Waals surface area contributed by atoms with Crippen molar-refractivity contribution < 1.29 is 9.18 Å². The number of hydrogen-bond acceptors (Lipinski definition) is 7. The molecular formula is C32H36ClFN8O. The minimum atomic E-state index is -0.457. The van der Waals surface area contributed by atoms with Gasteiger partial charge in [-0.2, -0.15) is 10.1 Å².